The van der Waals surface area contributed by atoms with E-state index in [1.165, 1.54) is 0 Å². The van der Waals surface area contributed by atoms with E-state index in [0.29, 0.717) is 5.92 Å². The molecule has 0 aliphatic carbocycles. The Morgan fingerprint density at radius 3 is 2.30 bits per heavy atom. The normalized spacial score (nSPS) is 24.5. The smallest absolute Gasteiger partial charge is 0.410 e. The lowest BCUT2D eigenvalue weighted by Crippen LogP contribution is -2.50. The molecule has 0 radical (unpaired) electrons. The van der Waals surface area contributed by atoms with E-state index >= 15 is 0 Å². The zero-order valence-corrected chi connectivity index (χ0v) is 14.7. The summed E-state index contributed by atoms with van der Waals surface area (Å²) in [5.41, 5.74) is 5.09. The number of likely N-dealkylation sites (tertiary alicyclic amines) is 2. The van der Waals surface area contributed by atoms with Crippen LogP contribution in [0.4, 0.5) is 4.79 Å². The first kappa shape index (κ1) is 18.0. The molecule has 0 saturated carbocycles. The van der Waals surface area contributed by atoms with Crippen molar-refractivity contribution in [3.8, 4) is 0 Å². The number of carbonyl (C=O) groups is 2. The van der Waals surface area contributed by atoms with E-state index in [9.17, 15) is 9.59 Å². The van der Waals surface area contributed by atoms with Gasteiger partial charge in [-0.25, -0.2) is 4.79 Å². The van der Waals surface area contributed by atoms with Crippen LogP contribution in [0.25, 0.3) is 0 Å². The van der Waals surface area contributed by atoms with Crippen LogP contribution < -0.4 is 5.73 Å². The molecule has 0 aromatic carbocycles. The first-order chi connectivity index (χ1) is 10.8. The maximum absolute atomic E-state index is 12.1. The second-order valence-electron chi connectivity index (χ2n) is 7.82. The van der Waals surface area contributed by atoms with Crippen molar-refractivity contribution in [1.29, 1.82) is 0 Å². The molecule has 2 aliphatic rings. The molecule has 2 amide bonds. The van der Waals surface area contributed by atoms with Gasteiger partial charge >= 0.3 is 6.09 Å². The molecule has 0 aromatic rings. The molecular formula is C17H31N3O3. The Hall–Kier alpha value is -1.30. The highest BCUT2D eigenvalue weighted by Gasteiger charge is 2.31. The van der Waals surface area contributed by atoms with Gasteiger partial charge < -0.3 is 15.4 Å². The topological polar surface area (TPSA) is 75.9 Å². The Balaban J connectivity index is 1.80. The lowest BCUT2D eigenvalue weighted by atomic mass is 9.93. The van der Waals surface area contributed by atoms with E-state index in [0.717, 1.165) is 58.3 Å². The fourth-order valence-electron chi connectivity index (χ4n) is 3.49. The molecule has 1 atom stereocenters. The van der Waals surface area contributed by atoms with Gasteiger partial charge in [0.2, 0.25) is 5.91 Å². The molecular weight excluding hydrogens is 294 g/mol. The predicted molar refractivity (Wildman–Crippen MR) is 88.9 cm³/mol. The molecule has 2 aliphatic heterocycles. The number of hydrogen-bond donors (Lipinski definition) is 1. The summed E-state index contributed by atoms with van der Waals surface area (Å²) in [5, 5.41) is 0. The lowest BCUT2D eigenvalue weighted by Gasteiger charge is -2.39. The molecule has 132 valence electrons. The number of piperidine rings is 2. The molecule has 2 rings (SSSR count). The second-order valence-corrected chi connectivity index (χ2v) is 7.82. The summed E-state index contributed by atoms with van der Waals surface area (Å²) in [6.45, 7) is 8.99. The number of primary amides is 1. The summed E-state index contributed by atoms with van der Waals surface area (Å²) < 4.78 is 5.43. The minimum Gasteiger partial charge on any atom is -0.444 e. The fourth-order valence-corrected chi connectivity index (χ4v) is 3.49. The van der Waals surface area contributed by atoms with Crippen LogP contribution in [0.15, 0.2) is 0 Å². The maximum atomic E-state index is 12.1. The van der Waals surface area contributed by atoms with Gasteiger partial charge in [-0.1, -0.05) is 6.42 Å². The van der Waals surface area contributed by atoms with Crippen LogP contribution in [0.2, 0.25) is 0 Å². The Morgan fingerprint density at radius 2 is 1.74 bits per heavy atom. The minimum atomic E-state index is -0.448. The largest absolute Gasteiger partial charge is 0.444 e. The van der Waals surface area contributed by atoms with Crippen molar-refractivity contribution < 1.29 is 14.3 Å². The fraction of sp³-hybridized carbons (Fsp3) is 0.882. The summed E-state index contributed by atoms with van der Waals surface area (Å²) in [6, 6.07) is -0.104. The third-order valence-electron chi connectivity index (χ3n) is 4.70. The van der Waals surface area contributed by atoms with E-state index in [1.54, 1.807) is 4.90 Å². The van der Waals surface area contributed by atoms with Gasteiger partial charge in [-0.15, -0.1) is 0 Å². The Labute approximate surface area is 139 Å². The Kier molecular flexibility index (Phi) is 5.89. The van der Waals surface area contributed by atoms with Crippen molar-refractivity contribution in [2.24, 2.45) is 11.7 Å². The van der Waals surface area contributed by atoms with Crippen molar-refractivity contribution in [3.05, 3.63) is 0 Å². The van der Waals surface area contributed by atoms with Crippen LogP contribution in [-0.4, -0.2) is 59.6 Å². The lowest BCUT2D eigenvalue weighted by molar-refractivity contribution is -0.124. The predicted octanol–water partition coefficient (Wildman–Crippen LogP) is 1.97. The molecule has 0 bridgehead atoms. The van der Waals surface area contributed by atoms with Crippen LogP contribution in [0, 0.1) is 5.92 Å². The number of rotatable bonds is 3. The first-order valence-corrected chi connectivity index (χ1v) is 8.77. The highest BCUT2D eigenvalue weighted by atomic mass is 16.6. The van der Waals surface area contributed by atoms with Crippen molar-refractivity contribution in [2.45, 2.75) is 64.5 Å². The van der Waals surface area contributed by atoms with E-state index in [-0.39, 0.29) is 18.0 Å². The summed E-state index contributed by atoms with van der Waals surface area (Å²) in [6.07, 6.45) is 4.81. The van der Waals surface area contributed by atoms with Crippen LogP contribution in [0.1, 0.15) is 52.9 Å². The van der Waals surface area contributed by atoms with Crippen molar-refractivity contribution >= 4 is 12.0 Å². The molecule has 1 unspecified atom stereocenters. The molecule has 2 N–H and O–H groups in total. The molecule has 2 heterocycles. The van der Waals surface area contributed by atoms with Gasteiger partial charge in [0, 0.05) is 19.6 Å². The first-order valence-electron chi connectivity index (χ1n) is 8.77. The number of amides is 2. The van der Waals surface area contributed by atoms with Crippen molar-refractivity contribution in [3.63, 3.8) is 0 Å². The standard InChI is InChI=1S/C17H31N3O3/c1-17(2,3)23-16(22)19-10-7-13(8-11-19)12-20-9-5-4-6-14(20)15(18)21/h13-14H,4-12H2,1-3H3,(H2,18,21). The maximum Gasteiger partial charge on any atom is 0.410 e. The third kappa shape index (κ3) is 5.37. The summed E-state index contributed by atoms with van der Waals surface area (Å²) in [4.78, 5) is 27.7. The van der Waals surface area contributed by atoms with Gasteiger partial charge in [-0.2, -0.15) is 0 Å². The highest BCUT2D eigenvalue weighted by molar-refractivity contribution is 5.79. The zero-order chi connectivity index (χ0) is 17.0. The number of ether oxygens (including phenoxy) is 1. The van der Waals surface area contributed by atoms with Gasteiger partial charge in [-0.05, 0) is 58.9 Å². The molecule has 6 nitrogen and oxygen atoms in total. The molecule has 6 heteroatoms. The highest BCUT2D eigenvalue weighted by Crippen LogP contribution is 2.24. The monoisotopic (exact) mass is 325 g/mol. The van der Waals surface area contributed by atoms with E-state index in [2.05, 4.69) is 4.90 Å². The van der Waals surface area contributed by atoms with E-state index in [4.69, 9.17) is 10.5 Å². The van der Waals surface area contributed by atoms with Crippen LogP contribution in [-0.2, 0) is 9.53 Å². The quantitative estimate of drug-likeness (QED) is 0.861. The molecule has 23 heavy (non-hydrogen) atoms. The van der Waals surface area contributed by atoms with Gasteiger partial charge in [0.15, 0.2) is 0 Å². The van der Waals surface area contributed by atoms with Crippen molar-refractivity contribution in [1.82, 2.24) is 9.80 Å². The molecule has 2 saturated heterocycles. The van der Waals surface area contributed by atoms with Gasteiger partial charge in [0.25, 0.3) is 0 Å². The molecule has 0 spiro atoms. The summed E-state index contributed by atoms with van der Waals surface area (Å²) in [5.74, 6) is 0.324. The number of hydrogen-bond acceptors (Lipinski definition) is 4. The Bertz CT molecular complexity index is 425. The molecule has 0 aromatic heterocycles. The number of nitrogens with two attached hydrogens (primary N) is 1. The van der Waals surface area contributed by atoms with E-state index < -0.39 is 5.60 Å². The van der Waals surface area contributed by atoms with Crippen LogP contribution >= 0.6 is 0 Å². The Morgan fingerprint density at radius 1 is 1.09 bits per heavy atom. The zero-order valence-electron chi connectivity index (χ0n) is 14.7. The van der Waals surface area contributed by atoms with Gasteiger partial charge in [0.1, 0.15) is 5.60 Å². The van der Waals surface area contributed by atoms with Crippen LogP contribution in [0.5, 0.6) is 0 Å². The number of carbonyl (C=O) groups excluding carboxylic acids is 2. The summed E-state index contributed by atoms with van der Waals surface area (Å²) >= 11 is 0. The average molecular weight is 325 g/mol. The van der Waals surface area contributed by atoms with Gasteiger partial charge in [-0.3, -0.25) is 9.69 Å². The molecule has 2 fully saturated rings. The van der Waals surface area contributed by atoms with Gasteiger partial charge in [0.05, 0.1) is 6.04 Å². The van der Waals surface area contributed by atoms with Crippen LogP contribution in [0.3, 0.4) is 0 Å². The SMILES string of the molecule is CC(C)(C)OC(=O)N1CCC(CN2CCCCC2C(N)=O)CC1. The average Bonchev–Trinajstić information content (AvgIpc) is 2.46. The van der Waals surface area contributed by atoms with E-state index in [1.807, 2.05) is 20.8 Å². The third-order valence-corrected chi connectivity index (χ3v) is 4.70. The summed E-state index contributed by atoms with van der Waals surface area (Å²) in [7, 11) is 0. The second kappa shape index (κ2) is 7.51. The minimum absolute atomic E-state index is 0.104. The number of nitrogens with zero attached hydrogens (tertiary/aromatic N) is 2. The van der Waals surface area contributed by atoms with Crippen molar-refractivity contribution in [2.75, 3.05) is 26.2 Å².